The third-order valence-electron chi connectivity index (χ3n) is 3.72. The summed E-state index contributed by atoms with van der Waals surface area (Å²) in [6, 6.07) is 0. The number of amides is 1. The van der Waals surface area contributed by atoms with E-state index in [1.54, 1.807) is 0 Å². The number of primary amides is 1. The van der Waals surface area contributed by atoms with Crippen molar-refractivity contribution in [2.75, 3.05) is 19.8 Å². The predicted octanol–water partition coefficient (Wildman–Crippen LogP) is 3.00. The zero-order valence-corrected chi connectivity index (χ0v) is 13.7. The van der Waals surface area contributed by atoms with Crippen LogP contribution in [0.3, 0.4) is 0 Å². The van der Waals surface area contributed by atoms with Crippen molar-refractivity contribution < 1.29 is 9.53 Å². The summed E-state index contributed by atoms with van der Waals surface area (Å²) in [4.78, 5) is 11.4. The average molecular weight is 286 g/mol. The van der Waals surface area contributed by atoms with Crippen LogP contribution in [0.1, 0.15) is 72.1 Å². The zero-order valence-electron chi connectivity index (χ0n) is 13.7. The molecule has 0 aliphatic rings. The zero-order chi connectivity index (χ0) is 15.3. The lowest BCUT2D eigenvalue weighted by Gasteiger charge is -2.26. The van der Waals surface area contributed by atoms with Gasteiger partial charge in [-0.3, -0.25) is 4.79 Å². The lowest BCUT2D eigenvalue weighted by molar-refractivity contribution is -0.124. The van der Waals surface area contributed by atoms with Gasteiger partial charge in [0.05, 0.1) is 5.54 Å². The molecule has 0 fully saturated rings. The topological polar surface area (TPSA) is 64.3 Å². The summed E-state index contributed by atoms with van der Waals surface area (Å²) in [5, 5.41) is 3.16. The first kappa shape index (κ1) is 19.4. The van der Waals surface area contributed by atoms with Gasteiger partial charge in [0, 0.05) is 13.2 Å². The highest BCUT2D eigenvalue weighted by molar-refractivity contribution is 5.84. The molecule has 0 aliphatic carbocycles. The van der Waals surface area contributed by atoms with Gasteiger partial charge in [-0.1, -0.05) is 46.0 Å². The third-order valence-corrected chi connectivity index (χ3v) is 3.72. The minimum atomic E-state index is -0.599. The maximum Gasteiger partial charge on any atom is 0.237 e. The number of likely N-dealkylation sites (N-methyl/N-ethyl adjacent to an activating group) is 1. The highest BCUT2D eigenvalue weighted by Gasteiger charge is 2.28. The second kappa shape index (κ2) is 12.2. The van der Waals surface area contributed by atoms with Crippen LogP contribution in [0, 0.1) is 0 Å². The second-order valence-corrected chi connectivity index (χ2v) is 5.71. The van der Waals surface area contributed by atoms with E-state index >= 15 is 0 Å². The molecule has 120 valence electrons. The summed E-state index contributed by atoms with van der Waals surface area (Å²) in [6.45, 7) is 8.38. The van der Waals surface area contributed by atoms with Crippen LogP contribution in [-0.4, -0.2) is 31.2 Å². The first-order valence-electron chi connectivity index (χ1n) is 8.19. The number of hydrogen-bond acceptors (Lipinski definition) is 3. The van der Waals surface area contributed by atoms with Gasteiger partial charge in [-0.15, -0.1) is 0 Å². The van der Waals surface area contributed by atoms with Gasteiger partial charge in [-0.2, -0.15) is 0 Å². The molecule has 4 nitrogen and oxygen atoms in total. The van der Waals surface area contributed by atoms with E-state index in [4.69, 9.17) is 10.5 Å². The number of rotatable bonds is 14. The molecule has 0 heterocycles. The molecule has 0 aromatic heterocycles. The lowest BCUT2D eigenvalue weighted by Crippen LogP contribution is -2.53. The Bertz CT molecular complexity index is 247. The van der Waals surface area contributed by atoms with Crippen molar-refractivity contribution >= 4 is 5.91 Å². The maximum atomic E-state index is 11.4. The van der Waals surface area contributed by atoms with Crippen LogP contribution in [-0.2, 0) is 9.53 Å². The van der Waals surface area contributed by atoms with Crippen molar-refractivity contribution in [3.63, 3.8) is 0 Å². The molecular formula is C16H34N2O2. The highest BCUT2D eigenvalue weighted by Crippen LogP contribution is 2.12. The number of nitrogens with one attached hydrogen (secondary N) is 1. The molecule has 0 bridgehead atoms. The van der Waals surface area contributed by atoms with Crippen LogP contribution in [0.4, 0.5) is 0 Å². The fourth-order valence-corrected chi connectivity index (χ4v) is 2.30. The van der Waals surface area contributed by atoms with Gasteiger partial charge in [-0.25, -0.2) is 0 Å². The summed E-state index contributed by atoms with van der Waals surface area (Å²) < 4.78 is 5.61. The molecule has 4 heteroatoms. The molecular weight excluding hydrogens is 252 g/mol. The molecule has 20 heavy (non-hydrogen) atoms. The van der Waals surface area contributed by atoms with E-state index in [9.17, 15) is 4.79 Å². The number of carbonyl (C=O) groups excluding carboxylic acids is 1. The van der Waals surface area contributed by atoms with Crippen LogP contribution in [0.5, 0.6) is 0 Å². The van der Waals surface area contributed by atoms with Crippen molar-refractivity contribution in [3.05, 3.63) is 0 Å². The average Bonchev–Trinajstić information content (AvgIpc) is 2.41. The second-order valence-electron chi connectivity index (χ2n) is 5.71. The Kier molecular flexibility index (Phi) is 11.8. The Hall–Kier alpha value is -0.610. The first-order valence-corrected chi connectivity index (χ1v) is 8.19. The largest absolute Gasteiger partial charge is 0.381 e. The van der Waals surface area contributed by atoms with Crippen molar-refractivity contribution in [2.24, 2.45) is 5.73 Å². The smallest absolute Gasteiger partial charge is 0.237 e. The van der Waals surface area contributed by atoms with Crippen molar-refractivity contribution in [3.8, 4) is 0 Å². The molecule has 0 aliphatic heterocycles. The van der Waals surface area contributed by atoms with Crippen LogP contribution >= 0.6 is 0 Å². The van der Waals surface area contributed by atoms with E-state index in [1.165, 1.54) is 32.1 Å². The quantitative estimate of drug-likeness (QED) is 0.482. The number of hydrogen-bond donors (Lipinski definition) is 2. The maximum absolute atomic E-state index is 11.4. The molecule has 0 spiro atoms. The molecule has 1 atom stereocenters. The molecule has 1 amide bonds. The lowest BCUT2D eigenvalue weighted by atomic mass is 9.95. The molecule has 0 radical (unpaired) electrons. The normalized spacial score (nSPS) is 14.2. The summed E-state index contributed by atoms with van der Waals surface area (Å²) in [5.74, 6) is -0.282. The monoisotopic (exact) mass is 286 g/mol. The Morgan fingerprint density at radius 1 is 1.05 bits per heavy atom. The molecule has 0 saturated carbocycles. The Labute approximate surface area is 124 Å². The van der Waals surface area contributed by atoms with E-state index in [0.717, 1.165) is 32.4 Å². The van der Waals surface area contributed by atoms with Gasteiger partial charge in [0.2, 0.25) is 5.91 Å². The summed E-state index contributed by atoms with van der Waals surface area (Å²) in [5.41, 5.74) is 4.84. The van der Waals surface area contributed by atoms with Crippen LogP contribution in [0.2, 0.25) is 0 Å². The third kappa shape index (κ3) is 9.32. The number of ether oxygens (including phenoxy) is 1. The standard InChI is InChI=1S/C16H34N2O2/c1-4-6-7-8-9-10-13-20-14-11-12-16(3,15(17)19)18-5-2/h18H,4-14H2,1-3H3,(H2,17,19). The van der Waals surface area contributed by atoms with Gasteiger partial charge >= 0.3 is 0 Å². The van der Waals surface area contributed by atoms with Gasteiger partial charge in [-0.05, 0) is 32.7 Å². The fraction of sp³-hybridized carbons (Fsp3) is 0.938. The summed E-state index contributed by atoms with van der Waals surface area (Å²) in [6.07, 6.45) is 9.29. The van der Waals surface area contributed by atoms with Gasteiger partial charge in [0.1, 0.15) is 0 Å². The Morgan fingerprint density at radius 3 is 2.25 bits per heavy atom. The molecule has 0 rings (SSSR count). The van der Waals surface area contributed by atoms with Crippen LogP contribution in [0.25, 0.3) is 0 Å². The first-order chi connectivity index (χ1) is 9.56. The SMILES string of the molecule is CCCCCCCCOCCCC(C)(NCC)C(N)=O. The van der Waals surface area contributed by atoms with Gasteiger partial charge < -0.3 is 15.8 Å². The van der Waals surface area contributed by atoms with E-state index in [0.29, 0.717) is 6.61 Å². The van der Waals surface area contributed by atoms with Crippen molar-refractivity contribution in [1.29, 1.82) is 0 Å². The molecule has 0 aromatic rings. The number of carbonyl (C=O) groups is 1. The summed E-state index contributed by atoms with van der Waals surface area (Å²) in [7, 11) is 0. The molecule has 0 saturated heterocycles. The molecule has 0 aromatic carbocycles. The Balaban J connectivity index is 3.48. The van der Waals surface area contributed by atoms with Crippen LogP contribution < -0.4 is 11.1 Å². The number of unbranched alkanes of at least 4 members (excludes halogenated alkanes) is 5. The van der Waals surface area contributed by atoms with E-state index in [-0.39, 0.29) is 5.91 Å². The Morgan fingerprint density at radius 2 is 1.65 bits per heavy atom. The molecule has 1 unspecified atom stereocenters. The van der Waals surface area contributed by atoms with Crippen molar-refractivity contribution in [1.82, 2.24) is 5.32 Å². The van der Waals surface area contributed by atoms with E-state index in [1.807, 2.05) is 13.8 Å². The molecule has 3 N–H and O–H groups in total. The number of nitrogens with two attached hydrogens (primary N) is 1. The minimum Gasteiger partial charge on any atom is -0.381 e. The van der Waals surface area contributed by atoms with Crippen LogP contribution in [0.15, 0.2) is 0 Å². The van der Waals surface area contributed by atoms with E-state index < -0.39 is 5.54 Å². The van der Waals surface area contributed by atoms with Gasteiger partial charge in [0.15, 0.2) is 0 Å². The fourth-order valence-electron chi connectivity index (χ4n) is 2.30. The minimum absolute atomic E-state index is 0.282. The summed E-state index contributed by atoms with van der Waals surface area (Å²) >= 11 is 0. The van der Waals surface area contributed by atoms with Crippen molar-refractivity contribution in [2.45, 2.75) is 77.7 Å². The van der Waals surface area contributed by atoms with Gasteiger partial charge in [0.25, 0.3) is 0 Å². The highest BCUT2D eigenvalue weighted by atomic mass is 16.5. The predicted molar refractivity (Wildman–Crippen MR) is 84.7 cm³/mol. The van der Waals surface area contributed by atoms with E-state index in [2.05, 4.69) is 12.2 Å².